The third kappa shape index (κ3) is 2.41. The molecule has 0 aliphatic rings. The molecular formula is C8H8FIO. The van der Waals surface area contributed by atoms with Gasteiger partial charge < -0.3 is 4.74 Å². The van der Waals surface area contributed by atoms with Crippen LogP contribution in [0.4, 0.5) is 4.39 Å². The van der Waals surface area contributed by atoms with Crippen LogP contribution < -0.4 is 0 Å². The molecule has 0 spiro atoms. The van der Waals surface area contributed by atoms with Gasteiger partial charge in [0.2, 0.25) is 0 Å². The van der Waals surface area contributed by atoms with E-state index in [1.54, 1.807) is 13.2 Å². The molecule has 0 atom stereocenters. The molecular weight excluding hydrogens is 258 g/mol. The monoisotopic (exact) mass is 266 g/mol. The minimum atomic E-state index is -0.200. The molecule has 3 heteroatoms. The highest BCUT2D eigenvalue weighted by Gasteiger charge is 1.99. The second kappa shape index (κ2) is 4.01. The lowest BCUT2D eigenvalue weighted by molar-refractivity contribution is 0.184. The molecule has 0 radical (unpaired) electrons. The van der Waals surface area contributed by atoms with Gasteiger partial charge in [0.15, 0.2) is 0 Å². The molecule has 0 bridgehead atoms. The summed E-state index contributed by atoms with van der Waals surface area (Å²) in [6.07, 6.45) is 0. The Hall–Kier alpha value is -0.160. The van der Waals surface area contributed by atoms with Gasteiger partial charge in [-0.3, -0.25) is 0 Å². The first-order valence-corrected chi connectivity index (χ1v) is 4.25. The van der Waals surface area contributed by atoms with Crippen molar-refractivity contribution in [2.75, 3.05) is 7.11 Å². The second-order valence-electron chi connectivity index (χ2n) is 2.17. The van der Waals surface area contributed by atoms with Crippen molar-refractivity contribution in [2.45, 2.75) is 6.61 Å². The van der Waals surface area contributed by atoms with Gasteiger partial charge in [-0.2, -0.15) is 0 Å². The van der Waals surface area contributed by atoms with Crippen LogP contribution in [-0.4, -0.2) is 7.11 Å². The van der Waals surface area contributed by atoms with E-state index >= 15 is 0 Å². The van der Waals surface area contributed by atoms with Crippen molar-refractivity contribution >= 4 is 22.6 Å². The van der Waals surface area contributed by atoms with Crippen LogP contribution in [0.5, 0.6) is 0 Å². The van der Waals surface area contributed by atoms with Crippen LogP contribution >= 0.6 is 22.6 Å². The standard InChI is InChI=1S/C8H8FIO/c1-11-5-6-2-3-7(9)4-8(6)10/h2-4H,5H2,1H3. The van der Waals surface area contributed by atoms with E-state index in [-0.39, 0.29) is 5.82 Å². The molecule has 1 aromatic carbocycles. The number of hydrogen-bond acceptors (Lipinski definition) is 1. The van der Waals surface area contributed by atoms with Crippen molar-refractivity contribution in [2.24, 2.45) is 0 Å². The molecule has 0 saturated heterocycles. The van der Waals surface area contributed by atoms with Crippen molar-refractivity contribution in [1.82, 2.24) is 0 Å². The van der Waals surface area contributed by atoms with E-state index in [4.69, 9.17) is 4.74 Å². The summed E-state index contributed by atoms with van der Waals surface area (Å²) >= 11 is 2.09. The highest BCUT2D eigenvalue weighted by atomic mass is 127. The van der Waals surface area contributed by atoms with E-state index in [0.717, 1.165) is 9.13 Å². The Bertz CT molecular complexity index is 250. The second-order valence-corrected chi connectivity index (χ2v) is 3.33. The van der Waals surface area contributed by atoms with Gasteiger partial charge in [0.1, 0.15) is 5.82 Å². The number of halogens is 2. The zero-order valence-electron chi connectivity index (χ0n) is 6.10. The topological polar surface area (TPSA) is 9.23 Å². The van der Waals surface area contributed by atoms with Gasteiger partial charge in [-0.1, -0.05) is 6.07 Å². The molecule has 60 valence electrons. The van der Waals surface area contributed by atoms with Crippen molar-refractivity contribution in [3.05, 3.63) is 33.1 Å². The molecule has 0 aromatic heterocycles. The highest BCUT2D eigenvalue weighted by Crippen LogP contribution is 2.14. The lowest BCUT2D eigenvalue weighted by Crippen LogP contribution is -1.91. The smallest absolute Gasteiger partial charge is 0.124 e. The number of hydrogen-bond donors (Lipinski definition) is 0. The van der Waals surface area contributed by atoms with Gasteiger partial charge in [-0.15, -0.1) is 0 Å². The summed E-state index contributed by atoms with van der Waals surface area (Å²) in [6, 6.07) is 4.67. The fourth-order valence-electron chi connectivity index (χ4n) is 0.794. The Morgan fingerprint density at radius 3 is 2.82 bits per heavy atom. The Labute approximate surface area is 78.7 Å². The highest BCUT2D eigenvalue weighted by molar-refractivity contribution is 14.1. The maximum absolute atomic E-state index is 12.5. The lowest BCUT2D eigenvalue weighted by Gasteiger charge is -2.01. The summed E-state index contributed by atoms with van der Waals surface area (Å²) in [6.45, 7) is 0.540. The van der Waals surface area contributed by atoms with Gasteiger partial charge >= 0.3 is 0 Å². The zero-order chi connectivity index (χ0) is 8.27. The van der Waals surface area contributed by atoms with Crippen LogP contribution in [-0.2, 0) is 11.3 Å². The maximum Gasteiger partial charge on any atom is 0.124 e. The summed E-state index contributed by atoms with van der Waals surface area (Å²) < 4.78 is 18.4. The van der Waals surface area contributed by atoms with Crippen LogP contribution in [0.2, 0.25) is 0 Å². The van der Waals surface area contributed by atoms with Crippen molar-refractivity contribution < 1.29 is 9.13 Å². The van der Waals surface area contributed by atoms with Crippen LogP contribution in [0.3, 0.4) is 0 Å². The van der Waals surface area contributed by atoms with Gasteiger partial charge in [-0.05, 0) is 40.3 Å². The number of ether oxygens (including phenoxy) is 1. The Balaban J connectivity index is 2.90. The predicted molar refractivity (Wildman–Crippen MR) is 49.8 cm³/mol. The largest absolute Gasteiger partial charge is 0.380 e. The molecule has 0 N–H and O–H groups in total. The van der Waals surface area contributed by atoms with E-state index in [1.165, 1.54) is 12.1 Å². The zero-order valence-corrected chi connectivity index (χ0v) is 8.26. The molecule has 0 aliphatic carbocycles. The third-order valence-corrected chi connectivity index (χ3v) is 2.32. The molecule has 0 heterocycles. The normalized spacial score (nSPS) is 10.1. The molecule has 1 rings (SSSR count). The first-order valence-electron chi connectivity index (χ1n) is 3.17. The fraction of sp³-hybridized carbons (Fsp3) is 0.250. The quantitative estimate of drug-likeness (QED) is 0.747. The van der Waals surface area contributed by atoms with Crippen LogP contribution in [0.25, 0.3) is 0 Å². The van der Waals surface area contributed by atoms with Crippen LogP contribution in [0, 0.1) is 9.39 Å². The summed E-state index contributed by atoms with van der Waals surface area (Å²) in [7, 11) is 1.62. The number of rotatable bonds is 2. The van der Waals surface area contributed by atoms with Crippen molar-refractivity contribution in [3.8, 4) is 0 Å². The molecule has 1 nitrogen and oxygen atoms in total. The van der Waals surface area contributed by atoms with Gasteiger partial charge in [0, 0.05) is 10.7 Å². The van der Waals surface area contributed by atoms with Gasteiger partial charge in [-0.25, -0.2) is 4.39 Å². The Kier molecular flexibility index (Phi) is 3.26. The fourth-order valence-corrected chi connectivity index (χ4v) is 1.43. The summed E-state index contributed by atoms with van der Waals surface area (Å²) in [5, 5.41) is 0. The van der Waals surface area contributed by atoms with E-state index < -0.39 is 0 Å². The Morgan fingerprint density at radius 2 is 2.27 bits per heavy atom. The van der Waals surface area contributed by atoms with E-state index in [1.807, 2.05) is 0 Å². The average molecular weight is 266 g/mol. The summed E-state index contributed by atoms with van der Waals surface area (Å²) in [5.74, 6) is -0.200. The number of methoxy groups -OCH3 is 1. The molecule has 0 amide bonds. The lowest BCUT2D eigenvalue weighted by atomic mass is 10.2. The first-order chi connectivity index (χ1) is 5.24. The molecule has 11 heavy (non-hydrogen) atoms. The van der Waals surface area contributed by atoms with Crippen LogP contribution in [0.15, 0.2) is 18.2 Å². The third-order valence-electron chi connectivity index (χ3n) is 1.31. The number of benzene rings is 1. The molecule has 1 aromatic rings. The Morgan fingerprint density at radius 1 is 1.55 bits per heavy atom. The van der Waals surface area contributed by atoms with E-state index in [2.05, 4.69) is 22.6 Å². The molecule has 0 unspecified atom stereocenters. The van der Waals surface area contributed by atoms with E-state index in [9.17, 15) is 4.39 Å². The predicted octanol–water partition coefficient (Wildman–Crippen LogP) is 2.58. The van der Waals surface area contributed by atoms with Gasteiger partial charge in [0.05, 0.1) is 6.61 Å². The van der Waals surface area contributed by atoms with Crippen molar-refractivity contribution in [1.29, 1.82) is 0 Å². The van der Waals surface area contributed by atoms with Crippen LogP contribution in [0.1, 0.15) is 5.56 Å². The minimum Gasteiger partial charge on any atom is -0.380 e. The maximum atomic E-state index is 12.5. The van der Waals surface area contributed by atoms with E-state index in [0.29, 0.717) is 6.61 Å². The first kappa shape index (κ1) is 8.93. The molecule has 0 aliphatic heterocycles. The summed E-state index contributed by atoms with van der Waals surface area (Å²) in [5.41, 5.74) is 1.02. The molecule has 0 saturated carbocycles. The average Bonchev–Trinajstić information content (AvgIpc) is 1.95. The molecule has 0 fully saturated rings. The summed E-state index contributed by atoms with van der Waals surface area (Å²) in [4.78, 5) is 0. The minimum absolute atomic E-state index is 0.200. The van der Waals surface area contributed by atoms with Crippen molar-refractivity contribution in [3.63, 3.8) is 0 Å². The SMILES string of the molecule is COCc1ccc(F)cc1I. The van der Waals surface area contributed by atoms with Gasteiger partial charge in [0.25, 0.3) is 0 Å².